The summed E-state index contributed by atoms with van der Waals surface area (Å²) in [4.78, 5) is 25.5. The Balaban J connectivity index is 2.00. The predicted octanol–water partition coefficient (Wildman–Crippen LogP) is 2.58. The van der Waals surface area contributed by atoms with E-state index in [2.05, 4.69) is 34.8 Å². The quantitative estimate of drug-likeness (QED) is 0.399. The SMILES string of the molecule is CNc1nc(C)c(N=C(C)NC(=O)c2c(F)cc(P)cc2F)c2c1ncn2C. The zero-order valence-corrected chi connectivity index (χ0v) is 16.9. The molecule has 2 heterocycles. The fourth-order valence-corrected chi connectivity index (χ4v) is 3.16. The van der Waals surface area contributed by atoms with E-state index >= 15 is 0 Å². The number of carbonyl (C=O) groups is 1. The van der Waals surface area contributed by atoms with Crippen LogP contribution in [0.25, 0.3) is 11.0 Å². The number of pyridine rings is 1. The smallest absolute Gasteiger partial charge is 0.262 e. The second-order valence-electron chi connectivity index (χ2n) is 6.21. The summed E-state index contributed by atoms with van der Waals surface area (Å²) in [5.41, 5.74) is 1.80. The van der Waals surface area contributed by atoms with Crippen LogP contribution in [0.1, 0.15) is 23.0 Å². The Kier molecular flexibility index (Phi) is 5.38. The molecule has 0 bridgehead atoms. The number of nitrogens with one attached hydrogen (secondary N) is 2. The van der Waals surface area contributed by atoms with E-state index in [-0.39, 0.29) is 5.84 Å². The molecular formula is C18H19F2N6OP. The minimum atomic E-state index is -0.944. The topological polar surface area (TPSA) is 84.2 Å². The van der Waals surface area contributed by atoms with Crippen LogP contribution in [0.5, 0.6) is 0 Å². The summed E-state index contributed by atoms with van der Waals surface area (Å²) in [7, 11) is 5.74. The Hall–Kier alpha value is -2.93. The molecule has 0 radical (unpaired) electrons. The Morgan fingerprint density at radius 2 is 1.93 bits per heavy atom. The average molecular weight is 404 g/mol. The monoisotopic (exact) mass is 404 g/mol. The van der Waals surface area contributed by atoms with Gasteiger partial charge in [0.25, 0.3) is 5.91 Å². The summed E-state index contributed by atoms with van der Waals surface area (Å²) in [6, 6.07) is 2.14. The molecular weight excluding hydrogens is 385 g/mol. The first-order chi connectivity index (χ1) is 13.2. The summed E-state index contributed by atoms with van der Waals surface area (Å²) >= 11 is 0. The van der Waals surface area contributed by atoms with Crippen molar-refractivity contribution in [2.45, 2.75) is 13.8 Å². The zero-order chi connectivity index (χ0) is 20.6. The van der Waals surface area contributed by atoms with E-state index in [1.807, 2.05) is 7.05 Å². The molecule has 0 aliphatic heterocycles. The van der Waals surface area contributed by atoms with Crippen molar-refractivity contribution in [1.29, 1.82) is 0 Å². The molecule has 1 aromatic carbocycles. The van der Waals surface area contributed by atoms with Crippen LogP contribution in [0.4, 0.5) is 20.3 Å². The lowest BCUT2D eigenvalue weighted by atomic mass is 10.2. The fourth-order valence-electron chi connectivity index (χ4n) is 2.87. The Labute approximate surface area is 162 Å². The van der Waals surface area contributed by atoms with Gasteiger partial charge in [0.2, 0.25) is 0 Å². The second-order valence-corrected chi connectivity index (χ2v) is 6.87. The molecule has 0 aliphatic rings. The molecule has 0 saturated carbocycles. The van der Waals surface area contributed by atoms with E-state index in [9.17, 15) is 13.6 Å². The van der Waals surface area contributed by atoms with Crippen molar-refractivity contribution < 1.29 is 13.6 Å². The van der Waals surface area contributed by atoms with Gasteiger partial charge in [-0.2, -0.15) is 0 Å². The molecule has 146 valence electrons. The van der Waals surface area contributed by atoms with Gasteiger partial charge in [0.05, 0.1) is 17.5 Å². The standard InChI is InChI=1S/C18H19F2N6OP/c1-8-14(16-15(17(21-3)23-8)22-7-26(16)4)24-9(2)25-18(27)13-11(19)5-10(28)6-12(13)20/h5-7H,28H2,1-4H3,(H,21,23)(H,24,25,27). The number of aliphatic imine (C=N–C) groups is 1. The average Bonchev–Trinajstić information content (AvgIpc) is 2.98. The lowest BCUT2D eigenvalue weighted by molar-refractivity contribution is 0.0968. The van der Waals surface area contributed by atoms with Gasteiger partial charge >= 0.3 is 0 Å². The number of halogens is 2. The van der Waals surface area contributed by atoms with E-state index in [4.69, 9.17) is 0 Å². The zero-order valence-electron chi connectivity index (χ0n) is 15.8. The molecule has 1 atom stereocenters. The molecule has 0 aliphatic carbocycles. The van der Waals surface area contributed by atoms with Crippen molar-refractivity contribution in [2.75, 3.05) is 12.4 Å². The van der Waals surface area contributed by atoms with Gasteiger partial charge in [-0.15, -0.1) is 9.24 Å². The fraction of sp³-hybridized carbons (Fsp3) is 0.222. The van der Waals surface area contributed by atoms with E-state index < -0.39 is 23.1 Å². The van der Waals surface area contributed by atoms with Crippen molar-refractivity contribution in [3.63, 3.8) is 0 Å². The number of anilines is 1. The van der Waals surface area contributed by atoms with Crippen LogP contribution in [-0.4, -0.2) is 33.3 Å². The van der Waals surface area contributed by atoms with Crippen LogP contribution in [0.3, 0.4) is 0 Å². The highest BCUT2D eigenvalue weighted by atomic mass is 31.0. The van der Waals surface area contributed by atoms with Crippen LogP contribution >= 0.6 is 9.24 Å². The number of benzene rings is 1. The highest BCUT2D eigenvalue weighted by Crippen LogP contribution is 2.31. The first kappa shape index (κ1) is 19.8. The maximum atomic E-state index is 14.0. The van der Waals surface area contributed by atoms with Gasteiger partial charge in [-0.1, -0.05) is 0 Å². The molecule has 2 N–H and O–H groups in total. The van der Waals surface area contributed by atoms with E-state index in [1.54, 1.807) is 24.9 Å². The number of fused-ring (bicyclic) bond motifs is 1. The van der Waals surface area contributed by atoms with Gasteiger partial charge in [0.1, 0.15) is 34.2 Å². The van der Waals surface area contributed by atoms with Crippen molar-refractivity contribution in [2.24, 2.45) is 12.0 Å². The third kappa shape index (κ3) is 3.57. The van der Waals surface area contributed by atoms with Crippen molar-refractivity contribution in [3.05, 3.63) is 41.4 Å². The normalized spacial score (nSPS) is 11.8. The molecule has 3 aromatic rings. The molecule has 1 amide bonds. The highest BCUT2D eigenvalue weighted by molar-refractivity contribution is 7.27. The van der Waals surface area contributed by atoms with Gasteiger partial charge < -0.3 is 15.2 Å². The molecule has 7 nitrogen and oxygen atoms in total. The number of carbonyl (C=O) groups excluding carboxylic acids is 1. The third-order valence-corrected chi connectivity index (χ3v) is 4.44. The minimum absolute atomic E-state index is 0.170. The summed E-state index contributed by atoms with van der Waals surface area (Å²) in [6.45, 7) is 3.31. The minimum Gasteiger partial charge on any atom is -0.371 e. The van der Waals surface area contributed by atoms with Crippen molar-refractivity contribution in [1.82, 2.24) is 19.9 Å². The number of amides is 1. The van der Waals surface area contributed by atoms with Crippen LogP contribution < -0.4 is 15.9 Å². The molecule has 0 spiro atoms. The molecule has 3 rings (SSSR count). The number of amidine groups is 1. The summed E-state index contributed by atoms with van der Waals surface area (Å²) < 4.78 is 29.8. The summed E-state index contributed by atoms with van der Waals surface area (Å²) in [5, 5.41) is 5.72. The summed E-state index contributed by atoms with van der Waals surface area (Å²) in [6.07, 6.45) is 1.63. The van der Waals surface area contributed by atoms with E-state index in [0.29, 0.717) is 28.0 Å². The van der Waals surface area contributed by atoms with Crippen molar-refractivity contribution >= 4 is 48.8 Å². The third-order valence-electron chi connectivity index (χ3n) is 4.11. The first-order valence-corrected chi connectivity index (χ1v) is 8.91. The summed E-state index contributed by atoms with van der Waals surface area (Å²) in [5.74, 6) is -2.03. The Morgan fingerprint density at radius 1 is 1.29 bits per heavy atom. The maximum absolute atomic E-state index is 14.0. The number of hydrogen-bond acceptors (Lipinski definition) is 5. The second kappa shape index (κ2) is 7.59. The maximum Gasteiger partial charge on any atom is 0.262 e. The van der Waals surface area contributed by atoms with E-state index in [1.165, 1.54) is 6.92 Å². The van der Waals surface area contributed by atoms with Gasteiger partial charge in [0, 0.05) is 14.1 Å². The molecule has 28 heavy (non-hydrogen) atoms. The van der Waals surface area contributed by atoms with Crippen LogP contribution in [0, 0.1) is 18.6 Å². The van der Waals surface area contributed by atoms with Crippen LogP contribution in [0.2, 0.25) is 0 Å². The van der Waals surface area contributed by atoms with Gasteiger partial charge in [-0.25, -0.2) is 23.7 Å². The Bertz CT molecular complexity index is 1100. The largest absolute Gasteiger partial charge is 0.371 e. The number of aromatic nitrogens is 3. The number of nitrogens with zero attached hydrogens (tertiary/aromatic N) is 4. The molecule has 0 saturated heterocycles. The molecule has 10 heteroatoms. The van der Waals surface area contributed by atoms with Crippen molar-refractivity contribution in [3.8, 4) is 0 Å². The van der Waals surface area contributed by atoms with E-state index in [0.717, 1.165) is 17.6 Å². The lowest BCUT2D eigenvalue weighted by Gasteiger charge is -2.11. The number of aryl methyl sites for hydroxylation is 2. The predicted molar refractivity (Wildman–Crippen MR) is 109 cm³/mol. The molecule has 1 unspecified atom stereocenters. The Morgan fingerprint density at radius 3 is 2.54 bits per heavy atom. The number of rotatable bonds is 3. The van der Waals surface area contributed by atoms with Crippen LogP contribution in [-0.2, 0) is 7.05 Å². The lowest BCUT2D eigenvalue weighted by Crippen LogP contribution is -2.30. The molecule has 0 fully saturated rings. The van der Waals surface area contributed by atoms with Gasteiger partial charge in [-0.3, -0.25) is 4.79 Å². The van der Waals surface area contributed by atoms with Gasteiger partial charge in [0.15, 0.2) is 5.82 Å². The molecule has 2 aromatic heterocycles. The number of imidazole rings is 1. The van der Waals surface area contributed by atoms with Crippen LogP contribution in [0.15, 0.2) is 23.5 Å². The van der Waals surface area contributed by atoms with Gasteiger partial charge in [-0.05, 0) is 31.3 Å². The first-order valence-electron chi connectivity index (χ1n) is 8.33. The highest BCUT2D eigenvalue weighted by Gasteiger charge is 2.19. The number of hydrogen-bond donors (Lipinski definition) is 2.